The number of amides is 2. The van der Waals surface area contributed by atoms with E-state index in [1.54, 1.807) is 18.6 Å². The molecule has 1 aromatic carbocycles. The highest BCUT2D eigenvalue weighted by Crippen LogP contribution is 2.49. The van der Waals surface area contributed by atoms with E-state index in [0.717, 1.165) is 51.7 Å². The molecule has 8 heteroatoms. The number of carbonyl (C=O) groups excluding carboxylic acids is 2. The second kappa shape index (κ2) is 8.43. The third-order valence-electron chi connectivity index (χ3n) is 8.52. The molecule has 2 fully saturated rings. The van der Waals surface area contributed by atoms with Crippen LogP contribution in [0.2, 0.25) is 0 Å². The van der Waals surface area contributed by atoms with Gasteiger partial charge in [-0.05, 0) is 48.8 Å². The third-order valence-corrected chi connectivity index (χ3v) is 8.52. The minimum Gasteiger partial charge on any atom is -0.341 e. The van der Waals surface area contributed by atoms with Gasteiger partial charge in [0.2, 0.25) is 11.8 Å². The zero-order valence-electron chi connectivity index (χ0n) is 21.0. The average molecular weight is 505 g/mol. The van der Waals surface area contributed by atoms with Crippen LogP contribution in [0, 0.1) is 0 Å². The molecule has 8 nitrogen and oxygen atoms in total. The van der Waals surface area contributed by atoms with Crippen molar-refractivity contribution >= 4 is 28.3 Å². The van der Waals surface area contributed by atoms with Gasteiger partial charge in [-0.3, -0.25) is 24.5 Å². The Morgan fingerprint density at radius 1 is 0.921 bits per heavy atom. The van der Waals surface area contributed by atoms with Gasteiger partial charge in [0.15, 0.2) is 0 Å². The highest BCUT2D eigenvalue weighted by molar-refractivity contribution is 6.08. The monoisotopic (exact) mass is 504 g/mol. The lowest BCUT2D eigenvalue weighted by Gasteiger charge is -2.39. The normalized spacial score (nSPS) is 19.1. The summed E-state index contributed by atoms with van der Waals surface area (Å²) in [4.78, 5) is 44.4. The highest BCUT2D eigenvalue weighted by Gasteiger charge is 2.55. The maximum atomic E-state index is 14.3. The van der Waals surface area contributed by atoms with Gasteiger partial charge in [0.05, 0.1) is 35.1 Å². The Balaban J connectivity index is 1.26. The van der Waals surface area contributed by atoms with Crippen molar-refractivity contribution in [3.8, 4) is 11.1 Å². The molecule has 190 valence electrons. The predicted molar refractivity (Wildman–Crippen MR) is 144 cm³/mol. The van der Waals surface area contributed by atoms with Gasteiger partial charge in [0.1, 0.15) is 0 Å². The van der Waals surface area contributed by atoms with Gasteiger partial charge in [-0.15, -0.1) is 0 Å². The van der Waals surface area contributed by atoms with Crippen LogP contribution >= 0.6 is 0 Å². The number of anilines is 1. The summed E-state index contributed by atoms with van der Waals surface area (Å²) in [6.07, 6.45) is 11.6. The van der Waals surface area contributed by atoms with Gasteiger partial charge in [-0.25, -0.2) is 0 Å². The first kappa shape index (κ1) is 23.0. The fourth-order valence-electron chi connectivity index (χ4n) is 6.19. The quantitative estimate of drug-likeness (QED) is 0.455. The van der Waals surface area contributed by atoms with Gasteiger partial charge in [-0.2, -0.15) is 0 Å². The minimum absolute atomic E-state index is 0.0195. The van der Waals surface area contributed by atoms with Crippen molar-refractivity contribution in [2.75, 3.05) is 18.0 Å². The Labute approximate surface area is 220 Å². The number of pyridine rings is 3. The van der Waals surface area contributed by atoms with Crippen molar-refractivity contribution in [2.45, 2.75) is 43.2 Å². The molecular formula is C30H28N6O2. The fourth-order valence-corrected chi connectivity index (χ4v) is 6.19. The molecule has 4 aromatic rings. The van der Waals surface area contributed by atoms with Crippen LogP contribution in [0.3, 0.4) is 0 Å². The zero-order chi connectivity index (χ0) is 25.9. The number of nitrogens with two attached hydrogens (primary N) is 1. The van der Waals surface area contributed by atoms with Crippen LogP contribution < -0.4 is 10.6 Å². The molecule has 1 saturated heterocycles. The summed E-state index contributed by atoms with van der Waals surface area (Å²) in [6.45, 7) is 1.37. The van der Waals surface area contributed by atoms with Crippen LogP contribution in [-0.4, -0.2) is 50.3 Å². The van der Waals surface area contributed by atoms with Gasteiger partial charge < -0.3 is 15.5 Å². The number of hydrogen-bond acceptors (Lipinski definition) is 6. The molecule has 1 aliphatic carbocycles. The molecule has 3 aromatic heterocycles. The van der Waals surface area contributed by atoms with Gasteiger partial charge in [0.25, 0.3) is 0 Å². The standard InChI is InChI=1S/C30H28N6O2/c31-30(8-9-30)28(38)35-14-10-29(11-15-35)23-7-13-33-18-25(23)36(27(29)37)19-24-26(21-5-3-12-32-16-21)22-6-2-1-4-20(22)17-34-24/h1-7,12-13,16-18H,8-11,14-15,19,31H2. The van der Waals surface area contributed by atoms with Crippen molar-refractivity contribution in [3.05, 3.63) is 84.7 Å². The Bertz CT molecular complexity index is 1570. The molecule has 0 unspecified atom stereocenters. The first-order valence-corrected chi connectivity index (χ1v) is 13.1. The molecule has 2 amide bonds. The van der Waals surface area contributed by atoms with E-state index >= 15 is 0 Å². The number of benzene rings is 1. The highest BCUT2D eigenvalue weighted by atomic mass is 16.2. The maximum Gasteiger partial charge on any atom is 0.242 e. The summed E-state index contributed by atoms with van der Waals surface area (Å²) in [6, 6.07) is 14.1. The van der Waals surface area contributed by atoms with E-state index in [1.807, 2.05) is 58.6 Å². The first-order chi connectivity index (χ1) is 18.5. The number of hydrogen-bond donors (Lipinski definition) is 1. The fraction of sp³-hybridized carbons (Fsp3) is 0.300. The minimum atomic E-state index is -0.692. The van der Waals surface area contributed by atoms with Crippen molar-refractivity contribution in [1.82, 2.24) is 19.9 Å². The largest absolute Gasteiger partial charge is 0.341 e. The second-order valence-corrected chi connectivity index (χ2v) is 10.7. The van der Waals surface area contributed by atoms with Crippen molar-refractivity contribution in [3.63, 3.8) is 0 Å². The number of likely N-dealkylation sites (tertiary alicyclic amines) is 1. The molecule has 3 aliphatic rings. The van der Waals surface area contributed by atoms with Gasteiger partial charge in [0, 0.05) is 54.4 Å². The van der Waals surface area contributed by atoms with Crippen molar-refractivity contribution in [1.29, 1.82) is 0 Å². The second-order valence-electron chi connectivity index (χ2n) is 10.7. The van der Waals surface area contributed by atoms with E-state index in [1.165, 1.54) is 0 Å². The number of carbonyl (C=O) groups is 2. The molecule has 1 spiro atoms. The van der Waals surface area contributed by atoms with E-state index < -0.39 is 11.0 Å². The molecule has 0 atom stereocenters. The lowest BCUT2D eigenvalue weighted by molar-refractivity contribution is -0.137. The number of rotatable bonds is 4. The molecule has 5 heterocycles. The van der Waals surface area contributed by atoms with E-state index in [9.17, 15) is 9.59 Å². The van der Waals surface area contributed by atoms with Crippen LogP contribution in [0.25, 0.3) is 21.9 Å². The molecule has 38 heavy (non-hydrogen) atoms. The van der Waals surface area contributed by atoms with E-state index in [-0.39, 0.29) is 11.8 Å². The van der Waals surface area contributed by atoms with Crippen molar-refractivity contribution in [2.24, 2.45) is 5.73 Å². The lowest BCUT2D eigenvalue weighted by atomic mass is 9.74. The summed E-state index contributed by atoms with van der Waals surface area (Å²) >= 11 is 0. The lowest BCUT2D eigenvalue weighted by Crippen LogP contribution is -2.54. The Morgan fingerprint density at radius 3 is 2.47 bits per heavy atom. The third kappa shape index (κ3) is 3.44. The summed E-state index contributed by atoms with van der Waals surface area (Å²) < 4.78 is 0. The van der Waals surface area contributed by atoms with Crippen LogP contribution in [0.1, 0.15) is 36.9 Å². The molecule has 1 saturated carbocycles. The predicted octanol–water partition coefficient (Wildman–Crippen LogP) is 3.59. The van der Waals surface area contributed by atoms with Gasteiger partial charge >= 0.3 is 0 Å². The van der Waals surface area contributed by atoms with Crippen LogP contribution in [0.5, 0.6) is 0 Å². The topological polar surface area (TPSA) is 105 Å². The average Bonchev–Trinajstić information content (AvgIpc) is 3.69. The Hall–Kier alpha value is -4.17. The SMILES string of the molecule is NC1(C(=O)N2CCC3(CC2)C(=O)N(Cc2ncc4ccccc4c2-c2cccnc2)c2cnccc23)CC1. The van der Waals surface area contributed by atoms with Crippen LogP contribution in [0.15, 0.2) is 73.4 Å². The molecule has 7 rings (SSSR count). The van der Waals surface area contributed by atoms with Gasteiger partial charge in [-0.1, -0.05) is 30.3 Å². The maximum absolute atomic E-state index is 14.3. The molecule has 2 aliphatic heterocycles. The number of aromatic nitrogens is 3. The molecule has 0 radical (unpaired) electrons. The van der Waals surface area contributed by atoms with E-state index in [2.05, 4.69) is 16.0 Å². The molecule has 2 N–H and O–H groups in total. The molecular weight excluding hydrogens is 476 g/mol. The van der Waals surface area contributed by atoms with E-state index in [4.69, 9.17) is 10.7 Å². The molecule has 0 bridgehead atoms. The van der Waals surface area contributed by atoms with Crippen LogP contribution in [-0.2, 0) is 21.5 Å². The summed E-state index contributed by atoms with van der Waals surface area (Å²) in [5.41, 5.74) is 9.38. The number of fused-ring (bicyclic) bond motifs is 3. The Morgan fingerprint density at radius 2 is 1.71 bits per heavy atom. The number of piperidine rings is 1. The van der Waals surface area contributed by atoms with Crippen LogP contribution in [0.4, 0.5) is 5.69 Å². The van der Waals surface area contributed by atoms with E-state index in [0.29, 0.717) is 32.5 Å². The number of nitrogens with zero attached hydrogens (tertiary/aromatic N) is 5. The van der Waals surface area contributed by atoms with Crippen molar-refractivity contribution < 1.29 is 9.59 Å². The Kier molecular flexibility index (Phi) is 5.10. The summed E-state index contributed by atoms with van der Waals surface area (Å²) in [5, 5.41) is 2.10. The summed E-state index contributed by atoms with van der Waals surface area (Å²) in [5.74, 6) is 0.0691. The smallest absolute Gasteiger partial charge is 0.242 e. The zero-order valence-corrected chi connectivity index (χ0v) is 21.0. The first-order valence-electron chi connectivity index (χ1n) is 13.1. The summed E-state index contributed by atoms with van der Waals surface area (Å²) in [7, 11) is 0.